The van der Waals surface area contributed by atoms with E-state index in [0.717, 1.165) is 37.8 Å². The van der Waals surface area contributed by atoms with Crippen molar-refractivity contribution in [1.82, 2.24) is 24.8 Å². The molecule has 2 aliphatic heterocycles. The number of rotatable bonds is 10. The first-order valence-corrected chi connectivity index (χ1v) is 18.9. The lowest BCUT2D eigenvalue weighted by atomic mass is 9.78. The number of imide groups is 1. The van der Waals surface area contributed by atoms with E-state index in [0.29, 0.717) is 64.2 Å². The molecule has 2 aromatic carbocycles. The highest BCUT2D eigenvalue weighted by molar-refractivity contribution is 7.88. The van der Waals surface area contributed by atoms with Gasteiger partial charge in [0.2, 0.25) is 15.9 Å². The van der Waals surface area contributed by atoms with Crippen LogP contribution in [0.4, 0.5) is 0 Å². The number of aromatic nitrogens is 1. The van der Waals surface area contributed by atoms with E-state index in [1.165, 1.54) is 0 Å². The molecule has 0 aliphatic carbocycles. The Morgan fingerprint density at radius 3 is 2.15 bits per heavy atom. The van der Waals surface area contributed by atoms with E-state index in [9.17, 15) is 18.0 Å². The van der Waals surface area contributed by atoms with Gasteiger partial charge in [-0.15, -0.1) is 0 Å². The summed E-state index contributed by atoms with van der Waals surface area (Å²) in [6.07, 6.45) is 4.64. The van der Waals surface area contributed by atoms with Crippen molar-refractivity contribution >= 4 is 56.6 Å². The summed E-state index contributed by atoms with van der Waals surface area (Å²) < 4.78 is 27.9. The first-order valence-electron chi connectivity index (χ1n) is 15.9. The largest absolute Gasteiger partial charge is 0.336 e. The molecule has 13 heteroatoms. The number of sulfonamides is 1. The molecule has 3 aromatic rings. The van der Waals surface area contributed by atoms with Crippen LogP contribution >= 0.6 is 34.8 Å². The van der Waals surface area contributed by atoms with Gasteiger partial charge in [-0.2, -0.15) is 0 Å². The SMILES string of the molecule is CC1(C)CCN(C2(C(=O)NC(=O)c3cc(-c4ccc(Cl)cc4Cl)c(-c4ccc(Cl)cc4)n3CCCNS(C)(=O)=O)CCNCC2)CC1. The highest BCUT2D eigenvalue weighted by Gasteiger charge is 2.47. The van der Waals surface area contributed by atoms with Gasteiger partial charge in [-0.25, -0.2) is 13.1 Å². The topological polar surface area (TPSA) is 113 Å². The number of benzene rings is 2. The molecule has 2 fully saturated rings. The Morgan fingerprint density at radius 2 is 1.53 bits per heavy atom. The Balaban J connectivity index is 1.57. The lowest BCUT2D eigenvalue weighted by Gasteiger charge is -2.49. The number of carbonyl (C=O) groups is 2. The van der Waals surface area contributed by atoms with Gasteiger partial charge in [0.1, 0.15) is 11.2 Å². The van der Waals surface area contributed by atoms with E-state index in [-0.39, 0.29) is 30.1 Å². The quantitative estimate of drug-likeness (QED) is 0.169. The molecule has 5 rings (SSSR count). The molecule has 47 heavy (non-hydrogen) atoms. The predicted molar refractivity (Wildman–Crippen MR) is 190 cm³/mol. The number of carbonyl (C=O) groups excluding carboxylic acids is 2. The first kappa shape index (κ1) is 35.9. The van der Waals surface area contributed by atoms with Gasteiger partial charge < -0.3 is 9.88 Å². The minimum atomic E-state index is -3.41. The molecule has 0 radical (unpaired) electrons. The normalized spacial score (nSPS) is 18.2. The minimum Gasteiger partial charge on any atom is -0.336 e. The Morgan fingerprint density at radius 1 is 0.894 bits per heavy atom. The molecule has 0 unspecified atom stereocenters. The molecule has 1 aromatic heterocycles. The second-order valence-corrected chi connectivity index (χ2v) is 16.4. The smallest absolute Gasteiger partial charge is 0.274 e. The Labute approximate surface area is 292 Å². The lowest BCUT2D eigenvalue weighted by Crippen LogP contribution is -2.65. The van der Waals surface area contributed by atoms with Gasteiger partial charge in [-0.3, -0.25) is 19.8 Å². The van der Waals surface area contributed by atoms with E-state index in [1.807, 2.05) is 16.7 Å². The highest BCUT2D eigenvalue weighted by Crippen LogP contribution is 2.41. The van der Waals surface area contributed by atoms with E-state index in [1.54, 1.807) is 36.4 Å². The van der Waals surface area contributed by atoms with Crippen LogP contribution in [0.15, 0.2) is 48.5 Å². The molecule has 2 saturated heterocycles. The van der Waals surface area contributed by atoms with Crippen LogP contribution in [0.5, 0.6) is 0 Å². The first-order chi connectivity index (χ1) is 22.2. The maximum Gasteiger partial charge on any atom is 0.274 e. The minimum absolute atomic E-state index is 0.162. The number of hydrogen-bond donors (Lipinski definition) is 3. The highest BCUT2D eigenvalue weighted by atomic mass is 35.5. The third-order valence-corrected chi connectivity index (χ3v) is 10.9. The molecule has 0 spiro atoms. The molecule has 254 valence electrons. The van der Waals surface area contributed by atoms with Crippen LogP contribution in [0.3, 0.4) is 0 Å². The summed E-state index contributed by atoms with van der Waals surface area (Å²) in [4.78, 5) is 30.8. The average Bonchev–Trinajstić information content (AvgIpc) is 3.38. The molecule has 0 bridgehead atoms. The van der Waals surface area contributed by atoms with Gasteiger partial charge in [-0.05, 0) is 99.6 Å². The van der Waals surface area contributed by atoms with Gasteiger partial charge in [-0.1, -0.05) is 66.8 Å². The van der Waals surface area contributed by atoms with Crippen LogP contribution in [0.25, 0.3) is 22.4 Å². The van der Waals surface area contributed by atoms with Crippen molar-refractivity contribution in [1.29, 1.82) is 0 Å². The third-order valence-electron chi connectivity index (χ3n) is 9.39. The second-order valence-electron chi connectivity index (χ2n) is 13.3. The van der Waals surface area contributed by atoms with Crippen molar-refractivity contribution in [3.8, 4) is 22.4 Å². The maximum absolute atomic E-state index is 14.3. The van der Waals surface area contributed by atoms with E-state index < -0.39 is 21.5 Å². The van der Waals surface area contributed by atoms with Gasteiger partial charge in [0.15, 0.2) is 0 Å². The van der Waals surface area contributed by atoms with Gasteiger partial charge in [0, 0.05) is 39.3 Å². The number of halogens is 3. The monoisotopic (exact) mass is 721 g/mol. The summed E-state index contributed by atoms with van der Waals surface area (Å²) in [5.41, 5.74) is 2.43. The number of likely N-dealkylation sites (tertiary alicyclic amines) is 1. The Hall–Kier alpha value is -2.44. The average molecular weight is 723 g/mol. The Kier molecular flexibility index (Phi) is 11.1. The summed E-state index contributed by atoms with van der Waals surface area (Å²) in [6, 6.07) is 14.1. The van der Waals surface area contributed by atoms with Crippen LogP contribution in [-0.4, -0.2) is 74.2 Å². The van der Waals surface area contributed by atoms with E-state index in [4.69, 9.17) is 34.8 Å². The zero-order valence-electron chi connectivity index (χ0n) is 27.0. The fourth-order valence-corrected chi connectivity index (χ4v) is 7.80. The van der Waals surface area contributed by atoms with Gasteiger partial charge >= 0.3 is 0 Å². The van der Waals surface area contributed by atoms with Crippen LogP contribution < -0.4 is 15.4 Å². The number of piperidine rings is 2. The van der Waals surface area contributed by atoms with Crippen LogP contribution in [-0.2, 0) is 21.4 Å². The van der Waals surface area contributed by atoms with Crippen LogP contribution in [0, 0.1) is 5.41 Å². The standard InChI is InChI=1S/C34H42Cl3N5O4S/c1-33(2)13-19-41(20-14-33)34(11-16-38-17-12-34)32(44)40-31(43)29-22-27(26-10-9-25(36)21-28(26)37)30(23-5-7-24(35)8-6-23)42(29)18-4-15-39-47(3,45)46/h5-10,21-22,38-39H,4,11-20H2,1-3H3,(H,40,43,44). The molecule has 2 aliphatic rings. The fraction of sp³-hybridized carbons (Fsp3) is 0.471. The van der Waals surface area contributed by atoms with Crippen molar-refractivity contribution < 1.29 is 18.0 Å². The molecule has 2 amide bonds. The zero-order chi connectivity index (χ0) is 34.0. The molecular weight excluding hydrogens is 681 g/mol. The van der Waals surface area contributed by atoms with Gasteiger partial charge in [0.25, 0.3) is 5.91 Å². The van der Waals surface area contributed by atoms with E-state index >= 15 is 0 Å². The number of amides is 2. The Bertz CT molecular complexity index is 1720. The van der Waals surface area contributed by atoms with E-state index in [2.05, 4.69) is 34.1 Å². The summed E-state index contributed by atoms with van der Waals surface area (Å²) >= 11 is 19.2. The summed E-state index contributed by atoms with van der Waals surface area (Å²) in [5, 5.41) is 7.58. The van der Waals surface area contributed by atoms with Crippen molar-refractivity contribution in [2.24, 2.45) is 5.41 Å². The zero-order valence-corrected chi connectivity index (χ0v) is 30.1. The molecule has 0 saturated carbocycles. The summed E-state index contributed by atoms with van der Waals surface area (Å²) in [7, 11) is -3.41. The van der Waals surface area contributed by atoms with Crippen LogP contribution in [0.2, 0.25) is 15.1 Å². The summed E-state index contributed by atoms with van der Waals surface area (Å²) in [6.45, 7) is 7.90. The fourth-order valence-electron chi connectivity index (χ4n) is 6.65. The van der Waals surface area contributed by atoms with Gasteiger partial charge in [0.05, 0.1) is 11.9 Å². The van der Waals surface area contributed by atoms with Crippen molar-refractivity contribution in [2.75, 3.05) is 39.0 Å². The number of nitrogens with zero attached hydrogens (tertiary/aromatic N) is 2. The molecule has 3 N–H and O–H groups in total. The lowest BCUT2D eigenvalue weighted by molar-refractivity contribution is -0.136. The molecular formula is C34H42Cl3N5O4S. The second kappa shape index (κ2) is 14.6. The summed E-state index contributed by atoms with van der Waals surface area (Å²) in [5.74, 6) is -0.831. The molecule has 9 nitrogen and oxygen atoms in total. The van der Waals surface area contributed by atoms with Crippen molar-refractivity contribution in [2.45, 2.75) is 58.0 Å². The van der Waals surface area contributed by atoms with Crippen molar-refractivity contribution in [3.63, 3.8) is 0 Å². The van der Waals surface area contributed by atoms with Crippen molar-refractivity contribution in [3.05, 3.63) is 69.3 Å². The number of hydrogen-bond acceptors (Lipinski definition) is 6. The van der Waals surface area contributed by atoms with Crippen LogP contribution in [0.1, 0.15) is 56.4 Å². The third kappa shape index (κ3) is 8.41. The predicted octanol–water partition coefficient (Wildman–Crippen LogP) is 6.22. The molecule has 0 atom stereocenters. The maximum atomic E-state index is 14.3. The molecule has 3 heterocycles. The number of nitrogens with one attached hydrogen (secondary N) is 3.